The van der Waals surface area contributed by atoms with E-state index in [2.05, 4.69) is 15.9 Å². The number of amides is 1. The van der Waals surface area contributed by atoms with E-state index in [4.69, 9.17) is 4.74 Å². The van der Waals surface area contributed by atoms with Crippen molar-refractivity contribution in [2.45, 2.75) is 18.9 Å². The molecule has 0 radical (unpaired) electrons. The van der Waals surface area contributed by atoms with Crippen molar-refractivity contribution in [3.05, 3.63) is 34.1 Å². The fraction of sp³-hybridized carbons (Fsp3) is 0.462. The third-order valence-electron chi connectivity index (χ3n) is 3.23. The highest BCUT2D eigenvalue weighted by molar-refractivity contribution is 9.10. The second-order valence-electron chi connectivity index (χ2n) is 4.39. The summed E-state index contributed by atoms with van der Waals surface area (Å²) in [5.41, 5.74) is 0.379. The van der Waals surface area contributed by atoms with Gasteiger partial charge in [-0.3, -0.25) is 4.79 Å². The van der Waals surface area contributed by atoms with Gasteiger partial charge in [0.25, 0.3) is 5.91 Å². The molecule has 1 amide bonds. The quantitative estimate of drug-likeness (QED) is 0.840. The Morgan fingerprint density at radius 3 is 2.72 bits per heavy atom. The van der Waals surface area contributed by atoms with Crippen molar-refractivity contribution >= 4 is 21.8 Å². The Morgan fingerprint density at radius 2 is 2.11 bits per heavy atom. The van der Waals surface area contributed by atoms with Crippen LogP contribution in [0.3, 0.4) is 0 Å². The number of hydrogen-bond acceptors (Lipinski definition) is 2. The largest absolute Gasteiger partial charge is 0.381 e. The first kappa shape index (κ1) is 13.5. The molecule has 1 fully saturated rings. The fourth-order valence-electron chi connectivity index (χ4n) is 2.07. The lowest BCUT2D eigenvalue weighted by Crippen LogP contribution is -2.40. The first-order valence-corrected chi connectivity index (χ1v) is 6.69. The maximum atomic E-state index is 13.4. The van der Waals surface area contributed by atoms with Gasteiger partial charge in [-0.2, -0.15) is 0 Å². The van der Waals surface area contributed by atoms with Crippen LogP contribution in [0.25, 0.3) is 0 Å². The third kappa shape index (κ3) is 2.90. The van der Waals surface area contributed by atoms with Crippen molar-refractivity contribution in [3.8, 4) is 0 Å². The topological polar surface area (TPSA) is 29.5 Å². The molecule has 1 aromatic rings. The summed E-state index contributed by atoms with van der Waals surface area (Å²) in [4.78, 5) is 13.9. The summed E-state index contributed by atoms with van der Waals surface area (Å²) in [5.74, 6) is -0.561. The monoisotopic (exact) mass is 315 g/mol. The molecule has 1 aromatic carbocycles. The van der Waals surface area contributed by atoms with Crippen LogP contribution in [0, 0.1) is 5.82 Å². The summed E-state index contributed by atoms with van der Waals surface area (Å²) in [6.45, 7) is 1.36. The predicted molar refractivity (Wildman–Crippen MR) is 70.0 cm³/mol. The molecule has 0 atom stereocenters. The zero-order chi connectivity index (χ0) is 13.1. The lowest BCUT2D eigenvalue weighted by molar-refractivity contribution is 0.0362. The van der Waals surface area contributed by atoms with Crippen molar-refractivity contribution in [3.63, 3.8) is 0 Å². The van der Waals surface area contributed by atoms with E-state index in [1.807, 2.05) is 0 Å². The van der Waals surface area contributed by atoms with Gasteiger partial charge in [-0.25, -0.2) is 4.39 Å². The van der Waals surface area contributed by atoms with Crippen LogP contribution in [0.1, 0.15) is 23.2 Å². The van der Waals surface area contributed by atoms with Gasteiger partial charge in [0.15, 0.2) is 0 Å². The molecular weight excluding hydrogens is 301 g/mol. The Balaban J connectivity index is 2.11. The smallest absolute Gasteiger partial charge is 0.253 e. The average molecular weight is 316 g/mol. The molecule has 0 spiro atoms. The van der Waals surface area contributed by atoms with E-state index in [0.717, 1.165) is 12.8 Å². The number of rotatable bonds is 2. The van der Waals surface area contributed by atoms with Gasteiger partial charge < -0.3 is 9.64 Å². The molecule has 0 saturated carbocycles. The molecule has 0 N–H and O–H groups in total. The molecule has 0 aliphatic carbocycles. The normalized spacial score (nSPS) is 16.6. The number of nitrogens with zero attached hydrogens (tertiary/aromatic N) is 1. The summed E-state index contributed by atoms with van der Waals surface area (Å²) in [6, 6.07) is 4.63. The molecule has 3 nitrogen and oxygen atoms in total. The lowest BCUT2D eigenvalue weighted by atomic mass is 10.1. The first-order chi connectivity index (χ1) is 8.59. The zero-order valence-corrected chi connectivity index (χ0v) is 11.7. The van der Waals surface area contributed by atoms with Gasteiger partial charge >= 0.3 is 0 Å². The third-order valence-corrected chi connectivity index (χ3v) is 3.87. The molecular formula is C13H15BrFNO2. The predicted octanol–water partition coefficient (Wildman–Crippen LogP) is 2.84. The molecule has 1 aliphatic rings. The highest BCUT2D eigenvalue weighted by Crippen LogP contribution is 2.19. The maximum Gasteiger partial charge on any atom is 0.253 e. The Morgan fingerprint density at radius 1 is 1.44 bits per heavy atom. The Kier molecular flexibility index (Phi) is 4.35. The maximum absolute atomic E-state index is 13.4. The van der Waals surface area contributed by atoms with Crippen LogP contribution in [0.2, 0.25) is 0 Å². The summed E-state index contributed by atoms with van der Waals surface area (Å²) in [7, 11) is 1.76. The van der Waals surface area contributed by atoms with Crippen molar-refractivity contribution < 1.29 is 13.9 Å². The minimum absolute atomic E-state index is 0.145. The van der Waals surface area contributed by atoms with E-state index in [0.29, 0.717) is 23.2 Å². The SMILES string of the molecule is CN(C(=O)c1ccc(Br)c(F)c1)C1CCOCC1. The molecule has 0 aromatic heterocycles. The highest BCUT2D eigenvalue weighted by Gasteiger charge is 2.23. The van der Waals surface area contributed by atoms with Gasteiger partial charge in [0, 0.05) is 31.9 Å². The van der Waals surface area contributed by atoms with Crippen molar-refractivity contribution in [1.29, 1.82) is 0 Å². The summed E-state index contributed by atoms with van der Waals surface area (Å²) in [6.07, 6.45) is 1.67. The molecule has 0 unspecified atom stereocenters. The van der Waals surface area contributed by atoms with Gasteiger partial charge in [-0.15, -0.1) is 0 Å². The number of benzene rings is 1. The van der Waals surface area contributed by atoms with Crippen molar-refractivity contribution in [2.75, 3.05) is 20.3 Å². The second kappa shape index (κ2) is 5.80. The molecule has 1 aliphatic heterocycles. The van der Waals surface area contributed by atoms with E-state index in [-0.39, 0.29) is 11.9 Å². The first-order valence-electron chi connectivity index (χ1n) is 5.89. The number of carbonyl (C=O) groups excluding carboxylic acids is 1. The van der Waals surface area contributed by atoms with Crippen LogP contribution in [-0.4, -0.2) is 37.1 Å². The van der Waals surface area contributed by atoms with Gasteiger partial charge in [0.1, 0.15) is 5.82 Å². The fourth-order valence-corrected chi connectivity index (χ4v) is 2.32. The van der Waals surface area contributed by atoms with E-state index in [1.165, 1.54) is 6.07 Å². The average Bonchev–Trinajstić information content (AvgIpc) is 2.41. The minimum Gasteiger partial charge on any atom is -0.381 e. The number of halogens is 2. The van der Waals surface area contributed by atoms with Crippen LogP contribution in [0.5, 0.6) is 0 Å². The highest BCUT2D eigenvalue weighted by atomic mass is 79.9. The Labute approximate surface area is 114 Å². The van der Waals surface area contributed by atoms with Crippen LogP contribution in [0.4, 0.5) is 4.39 Å². The van der Waals surface area contributed by atoms with E-state index in [9.17, 15) is 9.18 Å². The van der Waals surface area contributed by atoms with Crippen molar-refractivity contribution in [1.82, 2.24) is 4.90 Å². The van der Waals surface area contributed by atoms with Crippen LogP contribution in [0.15, 0.2) is 22.7 Å². The van der Waals surface area contributed by atoms with Gasteiger partial charge in [0.2, 0.25) is 0 Å². The Hall–Kier alpha value is -0.940. The lowest BCUT2D eigenvalue weighted by Gasteiger charge is -2.31. The number of hydrogen-bond donors (Lipinski definition) is 0. The second-order valence-corrected chi connectivity index (χ2v) is 5.24. The summed E-state index contributed by atoms with van der Waals surface area (Å²) < 4.78 is 19.0. The molecule has 18 heavy (non-hydrogen) atoms. The number of ether oxygens (including phenoxy) is 1. The summed E-state index contributed by atoms with van der Waals surface area (Å²) in [5, 5.41) is 0. The van der Waals surface area contributed by atoms with E-state index < -0.39 is 5.82 Å². The molecule has 0 bridgehead atoms. The number of carbonyl (C=O) groups is 1. The van der Waals surface area contributed by atoms with Crippen LogP contribution >= 0.6 is 15.9 Å². The van der Waals surface area contributed by atoms with E-state index in [1.54, 1.807) is 24.1 Å². The standard InChI is InChI=1S/C13H15BrFNO2/c1-16(10-4-6-18-7-5-10)13(17)9-2-3-11(14)12(15)8-9/h2-3,8,10H,4-7H2,1H3. The van der Waals surface area contributed by atoms with E-state index >= 15 is 0 Å². The van der Waals surface area contributed by atoms with Crippen LogP contribution in [-0.2, 0) is 4.74 Å². The van der Waals surface area contributed by atoms with Crippen molar-refractivity contribution in [2.24, 2.45) is 0 Å². The zero-order valence-electron chi connectivity index (χ0n) is 10.2. The van der Waals surface area contributed by atoms with Crippen LogP contribution < -0.4 is 0 Å². The van der Waals surface area contributed by atoms with Gasteiger partial charge in [0.05, 0.1) is 4.47 Å². The van der Waals surface area contributed by atoms with Gasteiger partial charge in [-0.05, 0) is 47.0 Å². The minimum atomic E-state index is -0.416. The molecule has 98 valence electrons. The Bertz CT molecular complexity index is 447. The molecule has 1 heterocycles. The molecule has 1 saturated heterocycles. The molecule has 2 rings (SSSR count). The summed E-state index contributed by atoms with van der Waals surface area (Å²) >= 11 is 3.08. The molecule has 5 heteroatoms. The van der Waals surface area contributed by atoms with Gasteiger partial charge in [-0.1, -0.05) is 0 Å².